The third-order valence-electron chi connectivity index (χ3n) is 4.31. The monoisotopic (exact) mass is 324 g/mol. The molecule has 0 spiro atoms. The van der Waals surface area contributed by atoms with Crippen molar-refractivity contribution in [1.29, 1.82) is 0 Å². The van der Waals surface area contributed by atoms with E-state index in [4.69, 9.17) is 0 Å². The van der Waals surface area contributed by atoms with E-state index in [9.17, 15) is 9.82 Å². The number of carbonyl (C=O) groups is 1. The van der Waals surface area contributed by atoms with Gasteiger partial charge in [-0.15, -0.1) is 0 Å². The zero-order valence-electron chi connectivity index (χ0n) is 13.4. The molecule has 1 N–H and O–H groups in total. The second-order valence-corrected chi connectivity index (χ2v) is 7.22. The highest BCUT2D eigenvalue weighted by molar-refractivity contribution is 7.99. The minimum atomic E-state index is -0.326. The Bertz CT molecular complexity index is 714. The molecule has 0 saturated carbocycles. The van der Waals surface area contributed by atoms with Crippen LogP contribution in [0.15, 0.2) is 52.3 Å². The Morgan fingerprint density at radius 1 is 1.22 bits per heavy atom. The van der Waals surface area contributed by atoms with Crippen molar-refractivity contribution in [2.75, 3.05) is 0 Å². The molecule has 1 aliphatic heterocycles. The summed E-state index contributed by atoms with van der Waals surface area (Å²) in [4.78, 5) is 14.3. The van der Waals surface area contributed by atoms with E-state index in [-0.39, 0.29) is 12.7 Å². The number of hydrogen-bond donors (Lipinski definition) is 1. The third kappa shape index (κ3) is 3.88. The molecule has 0 saturated heterocycles. The van der Waals surface area contributed by atoms with Crippen molar-refractivity contribution in [3.63, 3.8) is 0 Å². The van der Waals surface area contributed by atoms with Gasteiger partial charge in [0, 0.05) is 21.8 Å². The minimum absolute atomic E-state index is 0.221. The molecule has 0 bridgehead atoms. The van der Waals surface area contributed by atoms with Gasteiger partial charge in [-0.05, 0) is 42.8 Å². The molecule has 2 aromatic carbocycles. The van der Waals surface area contributed by atoms with Gasteiger partial charge in [0.25, 0.3) is 0 Å². The average molecular weight is 324 g/mol. The zero-order valence-corrected chi connectivity index (χ0v) is 14.2. The van der Waals surface area contributed by atoms with Gasteiger partial charge >= 0.3 is 6.92 Å². The Hall–Kier alpha value is -1.52. The van der Waals surface area contributed by atoms with Crippen molar-refractivity contribution in [3.8, 4) is 0 Å². The first kappa shape index (κ1) is 16.3. The number of fused-ring (bicyclic) bond motifs is 1. The predicted molar refractivity (Wildman–Crippen MR) is 97.0 cm³/mol. The molecule has 0 fully saturated rings. The molecular formula is C19H21BO2S. The van der Waals surface area contributed by atoms with E-state index in [1.807, 2.05) is 24.3 Å². The molecule has 1 aliphatic rings. The standard InChI is InChI=1S/C19H21BO2S/c1-2-3-7-19(21)15-5-4-6-16(12-15)23-17-9-8-14-10-11-20(22)18(14)13-17/h4-6,8-9,12-13,22H,2-3,7,10-11H2,1H3. The van der Waals surface area contributed by atoms with Gasteiger partial charge < -0.3 is 5.02 Å². The highest BCUT2D eigenvalue weighted by Gasteiger charge is 2.24. The minimum Gasteiger partial charge on any atom is -0.446 e. The summed E-state index contributed by atoms with van der Waals surface area (Å²) >= 11 is 1.65. The third-order valence-corrected chi connectivity index (χ3v) is 5.29. The molecular weight excluding hydrogens is 303 g/mol. The second kappa shape index (κ2) is 7.37. The number of Topliss-reactive ketones (excluding diaryl/α,β-unsaturated/α-hetero) is 1. The quantitative estimate of drug-likeness (QED) is 0.645. The molecule has 118 valence electrons. The fourth-order valence-corrected chi connectivity index (χ4v) is 3.90. The largest absolute Gasteiger partial charge is 0.446 e. The first-order chi connectivity index (χ1) is 11.2. The maximum Gasteiger partial charge on any atom is 0.324 e. The van der Waals surface area contributed by atoms with Gasteiger partial charge in [-0.2, -0.15) is 0 Å². The van der Waals surface area contributed by atoms with Gasteiger partial charge in [-0.3, -0.25) is 4.79 Å². The van der Waals surface area contributed by atoms with Gasteiger partial charge in [0.15, 0.2) is 5.78 Å². The Kier molecular flexibility index (Phi) is 5.24. The first-order valence-corrected chi connectivity index (χ1v) is 9.11. The van der Waals surface area contributed by atoms with Gasteiger partial charge in [-0.1, -0.05) is 54.9 Å². The summed E-state index contributed by atoms with van der Waals surface area (Å²) in [6.07, 6.45) is 4.39. The fourth-order valence-electron chi connectivity index (χ4n) is 2.97. The summed E-state index contributed by atoms with van der Waals surface area (Å²) in [5.41, 5.74) is 3.11. The summed E-state index contributed by atoms with van der Waals surface area (Å²) in [5.74, 6) is 0.221. The Morgan fingerprint density at radius 2 is 2.04 bits per heavy atom. The molecule has 0 radical (unpaired) electrons. The van der Waals surface area contributed by atoms with E-state index < -0.39 is 0 Å². The molecule has 0 unspecified atom stereocenters. The van der Waals surface area contributed by atoms with Crippen molar-refractivity contribution < 1.29 is 9.82 Å². The Balaban J connectivity index is 1.76. The van der Waals surface area contributed by atoms with Gasteiger partial charge in [-0.25, -0.2) is 0 Å². The lowest BCUT2D eigenvalue weighted by Gasteiger charge is -2.07. The Labute approximate surface area is 142 Å². The van der Waals surface area contributed by atoms with Crippen LogP contribution < -0.4 is 5.46 Å². The van der Waals surface area contributed by atoms with Crippen molar-refractivity contribution >= 4 is 29.9 Å². The van der Waals surface area contributed by atoms with Crippen molar-refractivity contribution in [2.45, 2.75) is 48.7 Å². The van der Waals surface area contributed by atoms with Crippen LogP contribution in [0.25, 0.3) is 0 Å². The Morgan fingerprint density at radius 3 is 2.87 bits per heavy atom. The summed E-state index contributed by atoms with van der Waals surface area (Å²) < 4.78 is 0. The molecule has 1 heterocycles. The van der Waals surface area contributed by atoms with Crippen LogP contribution in [0.5, 0.6) is 0 Å². The lowest BCUT2D eigenvalue weighted by atomic mass is 9.63. The molecule has 0 aliphatic carbocycles. The van der Waals surface area contributed by atoms with Crippen LogP contribution in [0.4, 0.5) is 0 Å². The maximum atomic E-state index is 12.2. The highest BCUT2D eigenvalue weighted by atomic mass is 32.2. The summed E-state index contributed by atoms with van der Waals surface area (Å²) in [5, 5.41) is 10.0. The molecule has 0 amide bonds. The van der Waals surface area contributed by atoms with Crippen molar-refractivity contribution in [3.05, 3.63) is 53.6 Å². The first-order valence-electron chi connectivity index (χ1n) is 8.29. The molecule has 2 nitrogen and oxygen atoms in total. The van der Waals surface area contributed by atoms with Crippen LogP contribution in [0.3, 0.4) is 0 Å². The molecule has 3 rings (SSSR count). The lowest BCUT2D eigenvalue weighted by Crippen LogP contribution is -2.25. The van der Waals surface area contributed by atoms with E-state index in [1.54, 1.807) is 11.8 Å². The van der Waals surface area contributed by atoms with Crippen LogP contribution in [-0.4, -0.2) is 17.7 Å². The van der Waals surface area contributed by atoms with Crippen LogP contribution in [0, 0.1) is 0 Å². The van der Waals surface area contributed by atoms with Crippen molar-refractivity contribution in [2.24, 2.45) is 0 Å². The summed E-state index contributed by atoms with van der Waals surface area (Å²) in [6, 6.07) is 14.2. The average Bonchev–Trinajstić information content (AvgIpc) is 2.94. The normalized spacial score (nSPS) is 13.2. The highest BCUT2D eigenvalue weighted by Crippen LogP contribution is 2.29. The molecule has 23 heavy (non-hydrogen) atoms. The smallest absolute Gasteiger partial charge is 0.324 e. The van der Waals surface area contributed by atoms with Crippen LogP contribution in [0.1, 0.15) is 42.1 Å². The summed E-state index contributed by atoms with van der Waals surface area (Å²) in [6.45, 7) is 1.77. The van der Waals surface area contributed by atoms with E-state index in [1.165, 1.54) is 5.56 Å². The van der Waals surface area contributed by atoms with Gasteiger partial charge in [0.1, 0.15) is 0 Å². The van der Waals surface area contributed by atoms with Gasteiger partial charge in [0.2, 0.25) is 0 Å². The predicted octanol–water partition coefficient (Wildman–Crippen LogP) is 3.96. The van der Waals surface area contributed by atoms with Crippen molar-refractivity contribution in [1.82, 2.24) is 0 Å². The number of unbranched alkanes of at least 4 members (excludes halogenated alkanes) is 1. The SMILES string of the molecule is CCCCC(=O)c1cccc(Sc2ccc3c(c2)B(O)CC3)c1. The van der Waals surface area contributed by atoms with Crippen LogP contribution in [-0.2, 0) is 6.42 Å². The number of aryl methyl sites for hydroxylation is 1. The molecule has 0 atom stereocenters. The molecule has 2 aromatic rings. The van der Waals surface area contributed by atoms with E-state index in [0.29, 0.717) is 6.42 Å². The molecule has 0 aromatic heterocycles. The number of rotatable bonds is 6. The van der Waals surface area contributed by atoms with Crippen LogP contribution in [0.2, 0.25) is 6.32 Å². The van der Waals surface area contributed by atoms with E-state index >= 15 is 0 Å². The number of ketones is 1. The number of hydrogen-bond acceptors (Lipinski definition) is 3. The number of carbonyl (C=O) groups excluding carboxylic acids is 1. The van der Waals surface area contributed by atoms with Gasteiger partial charge in [0.05, 0.1) is 0 Å². The number of benzene rings is 2. The zero-order chi connectivity index (χ0) is 16.2. The maximum absolute atomic E-state index is 12.2. The molecule has 4 heteroatoms. The second-order valence-electron chi connectivity index (χ2n) is 6.07. The fraction of sp³-hybridized carbons (Fsp3) is 0.316. The lowest BCUT2D eigenvalue weighted by molar-refractivity contribution is 0.0979. The van der Waals surface area contributed by atoms with E-state index in [2.05, 4.69) is 25.1 Å². The topological polar surface area (TPSA) is 37.3 Å². The summed E-state index contributed by atoms with van der Waals surface area (Å²) in [7, 11) is 0. The van der Waals surface area contributed by atoms with E-state index in [0.717, 1.165) is 46.4 Å². The van der Waals surface area contributed by atoms with Crippen LogP contribution >= 0.6 is 11.8 Å².